The smallest absolute Gasteiger partial charge is 0.262 e. The quantitative estimate of drug-likeness (QED) is 0.853. The van der Waals surface area contributed by atoms with Crippen LogP contribution in [0.4, 0.5) is 15.8 Å². The van der Waals surface area contributed by atoms with E-state index in [1.807, 2.05) is 23.1 Å². The second kappa shape index (κ2) is 8.00. The lowest BCUT2D eigenvalue weighted by molar-refractivity contribution is -0.122. The minimum absolute atomic E-state index is 0.158. The van der Waals surface area contributed by atoms with E-state index in [2.05, 4.69) is 5.32 Å². The van der Waals surface area contributed by atoms with Crippen molar-refractivity contribution in [1.82, 2.24) is 0 Å². The van der Waals surface area contributed by atoms with Crippen LogP contribution in [0.2, 0.25) is 0 Å². The molecule has 0 spiro atoms. The summed E-state index contributed by atoms with van der Waals surface area (Å²) in [4.78, 5) is 26.8. The van der Waals surface area contributed by atoms with Gasteiger partial charge in [0.05, 0.1) is 0 Å². The molecule has 0 radical (unpaired) electrons. The molecule has 1 fully saturated rings. The van der Waals surface area contributed by atoms with Crippen LogP contribution >= 0.6 is 0 Å². The van der Waals surface area contributed by atoms with Gasteiger partial charge in [-0.25, -0.2) is 4.39 Å². The molecule has 5 nitrogen and oxygen atoms in total. The van der Waals surface area contributed by atoms with E-state index >= 15 is 0 Å². The number of halogens is 1. The Bertz CT molecular complexity index is 876. The Morgan fingerprint density at radius 2 is 1.86 bits per heavy atom. The molecule has 1 aliphatic heterocycles. The van der Waals surface area contributed by atoms with Crippen LogP contribution in [0, 0.1) is 11.7 Å². The molecule has 1 aliphatic carbocycles. The highest BCUT2D eigenvalue weighted by Crippen LogP contribution is 2.34. The van der Waals surface area contributed by atoms with E-state index in [1.165, 1.54) is 24.3 Å². The van der Waals surface area contributed by atoms with Crippen LogP contribution < -0.4 is 15.0 Å². The zero-order valence-electron chi connectivity index (χ0n) is 15.6. The molecular weight excluding hydrogens is 359 g/mol. The predicted octanol–water partition coefficient (Wildman–Crippen LogP) is 3.92. The van der Waals surface area contributed by atoms with E-state index in [-0.39, 0.29) is 30.2 Å². The maximum absolute atomic E-state index is 12.9. The summed E-state index contributed by atoms with van der Waals surface area (Å²) in [5.74, 6) is 0.192. The topological polar surface area (TPSA) is 58.6 Å². The maximum Gasteiger partial charge on any atom is 0.262 e. The van der Waals surface area contributed by atoms with Gasteiger partial charge in [-0.15, -0.1) is 0 Å². The van der Waals surface area contributed by atoms with E-state index in [0.717, 1.165) is 43.4 Å². The van der Waals surface area contributed by atoms with Crippen LogP contribution in [0.5, 0.6) is 5.75 Å². The van der Waals surface area contributed by atoms with Gasteiger partial charge in [0, 0.05) is 23.8 Å². The molecule has 0 unspecified atom stereocenters. The van der Waals surface area contributed by atoms with Gasteiger partial charge in [-0.3, -0.25) is 9.59 Å². The summed E-state index contributed by atoms with van der Waals surface area (Å²) in [6, 6.07) is 11.2. The lowest BCUT2D eigenvalue weighted by atomic mass is 10.1. The fourth-order valence-corrected chi connectivity index (χ4v) is 3.98. The summed E-state index contributed by atoms with van der Waals surface area (Å²) in [7, 11) is 0. The number of ether oxygens (including phenoxy) is 1. The first-order valence-electron chi connectivity index (χ1n) is 9.73. The highest BCUT2D eigenvalue weighted by molar-refractivity contribution is 5.98. The van der Waals surface area contributed by atoms with Crippen molar-refractivity contribution in [2.45, 2.75) is 32.1 Å². The lowest BCUT2D eigenvalue weighted by Crippen LogP contribution is -2.33. The van der Waals surface area contributed by atoms with Gasteiger partial charge in [0.2, 0.25) is 5.91 Å². The second-order valence-electron chi connectivity index (χ2n) is 7.36. The molecule has 4 rings (SSSR count). The standard InChI is InChI=1S/C22H23FN2O3/c23-17-5-8-19(9-6-17)28-14-21(26)24-18-7-10-20-16(13-18)11-12-25(20)22(27)15-3-1-2-4-15/h5-10,13,15H,1-4,11-12,14H2,(H,24,26). The molecule has 2 amide bonds. The number of carbonyl (C=O) groups excluding carboxylic acids is 2. The molecule has 2 aliphatic rings. The number of hydrogen-bond donors (Lipinski definition) is 1. The highest BCUT2D eigenvalue weighted by atomic mass is 19.1. The summed E-state index contributed by atoms with van der Waals surface area (Å²) in [6.45, 7) is 0.546. The summed E-state index contributed by atoms with van der Waals surface area (Å²) < 4.78 is 18.2. The van der Waals surface area contributed by atoms with E-state index < -0.39 is 0 Å². The van der Waals surface area contributed by atoms with Crippen LogP contribution in [0.15, 0.2) is 42.5 Å². The minimum Gasteiger partial charge on any atom is -0.484 e. The van der Waals surface area contributed by atoms with Crippen molar-refractivity contribution in [1.29, 1.82) is 0 Å². The third kappa shape index (κ3) is 4.01. The van der Waals surface area contributed by atoms with Gasteiger partial charge < -0.3 is 15.0 Å². The Balaban J connectivity index is 1.35. The summed E-state index contributed by atoms with van der Waals surface area (Å²) in [6.07, 6.45) is 5.06. The molecule has 0 bridgehead atoms. The van der Waals surface area contributed by atoms with Crippen LogP contribution in [0.25, 0.3) is 0 Å². The van der Waals surface area contributed by atoms with Gasteiger partial charge in [0.15, 0.2) is 6.61 Å². The molecule has 0 saturated heterocycles. The first kappa shape index (κ1) is 18.5. The monoisotopic (exact) mass is 382 g/mol. The summed E-state index contributed by atoms with van der Waals surface area (Å²) in [5, 5.41) is 2.81. The van der Waals surface area contributed by atoms with Crippen LogP contribution in [0.1, 0.15) is 31.2 Å². The fourth-order valence-electron chi connectivity index (χ4n) is 3.98. The second-order valence-corrected chi connectivity index (χ2v) is 7.36. The van der Waals surface area contributed by atoms with E-state index in [0.29, 0.717) is 18.0 Å². The molecule has 2 aromatic carbocycles. The average Bonchev–Trinajstić information content (AvgIpc) is 3.37. The van der Waals surface area contributed by atoms with Gasteiger partial charge in [-0.05, 0) is 67.3 Å². The van der Waals surface area contributed by atoms with Crippen LogP contribution in [0.3, 0.4) is 0 Å². The van der Waals surface area contributed by atoms with Gasteiger partial charge in [0.1, 0.15) is 11.6 Å². The van der Waals surface area contributed by atoms with Crippen molar-refractivity contribution in [3.05, 3.63) is 53.8 Å². The molecule has 0 atom stereocenters. The first-order valence-corrected chi connectivity index (χ1v) is 9.73. The largest absolute Gasteiger partial charge is 0.484 e. The Kier molecular flexibility index (Phi) is 5.28. The van der Waals surface area contributed by atoms with Crippen molar-refractivity contribution in [2.24, 2.45) is 5.92 Å². The molecule has 1 saturated carbocycles. The van der Waals surface area contributed by atoms with Crippen molar-refractivity contribution in [3.63, 3.8) is 0 Å². The van der Waals surface area contributed by atoms with Gasteiger partial charge in [-0.1, -0.05) is 12.8 Å². The molecule has 6 heteroatoms. The Morgan fingerprint density at radius 1 is 1.11 bits per heavy atom. The third-order valence-corrected chi connectivity index (χ3v) is 5.41. The Hall–Kier alpha value is -2.89. The van der Waals surface area contributed by atoms with E-state index in [4.69, 9.17) is 4.74 Å². The first-order chi connectivity index (χ1) is 13.6. The van der Waals surface area contributed by atoms with Gasteiger partial charge >= 0.3 is 0 Å². The number of hydrogen-bond acceptors (Lipinski definition) is 3. The molecular formula is C22H23FN2O3. The van der Waals surface area contributed by atoms with Gasteiger partial charge in [-0.2, -0.15) is 0 Å². The van der Waals surface area contributed by atoms with Crippen molar-refractivity contribution < 1.29 is 18.7 Å². The SMILES string of the molecule is O=C(COc1ccc(F)cc1)Nc1ccc2c(c1)CCN2C(=O)C1CCCC1. The number of amides is 2. The van der Waals surface area contributed by atoms with Crippen molar-refractivity contribution >= 4 is 23.2 Å². The number of rotatable bonds is 5. The van der Waals surface area contributed by atoms with E-state index in [9.17, 15) is 14.0 Å². The molecule has 0 aromatic heterocycles. The fraction of sp³-hybridized carbons (Fsp3) is 0.364. The number of benzene rings is 2. The summed E-state index contributed by atoms with van der Waals surface area (Å²) in [5.41, 5.74) is 2.71. The van der Waals surface area contributed by atoms with Crippen molar-refractivity contribution in [3.8, 4) is 5.75 Å². The number of nitrogens with zero attached hydrogens (tertiary/aromatic N) is 1. The Labute approximate surface area is 163 Å². The maximum atomic E-state index is 12.9. The number of fused-ring (bicyclic) bond motifs is 1. The minimum atomic E-state index is -0.351. The molecule has 28 heavy (non-hydrogen) atoms. The number of anilines is 2. The zero-order chi connectivity index (χ0) is 19.5. The molecule has 2 aromatic rings. The van der Waals surface area contributed by atoms with Crippen LogP contribution in [-0.4, -0.2) is 25.0 Å². The van der Waals surface area contributed by atoms with Crippen LogP contribution in [-0.2, 0) is 16.0 Å². The Morgan fingerprint density at radius 3 is 2.61 bits per heavy atom. The van der Waals surface area contributed by atoms with Crippen molar-refractivity contribution in [2.75, 3.05) is 23.4 Å². The third-order valence-electron chi connectivity index (χ3n) is 5.41. The predicted molar refractivity (Wildman–Crippen MR) is 105 cm³/mol. The normalized spacial score (nSPS) is 16.1. The highest BCUT2D eigenvalue weighted by Gasteiger charge is 2.31. The lowest BCUT2D eigenvalue weighted by Gasteiger charge is -2.21. The van der Waals surface area contributed by atoms with E-state index in [1.54, 1.807) is 0 Å². The summed E-state index contributed by atoms with van der Waals surface area (Å²) >= 11 is 0. The zero-order valence-corrected chi connectivity index (χ0v) is 15.6. The average molecular weight is 382 g/mol. The molecule has 1 N–H and O–H groups in total. The molecule has 1 heterocycles. The number of nitrogens with one attached hydrogen (secondary N) is 1. The number of carbonyl (C=O) groups is 2. The molecule has 146 valence electrons. The van der Waals surface area contributed by atoms with Gasteiger partial charge in [0.25, 0.3) is 5.91 Å².